The van der Waals surface area contributed by atoms with Gasteiger partial charge in [-0.25, -0.2) is 13.6 Å². The normalized spacial score (nSPS) is 12.0. The van der Waals surface area contributed by atoms with Crippen molar-refractivity contribution in [1.29, 1.82) is 0 Å². The topological polar surface area (TPSA) is 67.1 Å². The summed E-state index contributed by atoms with van der Waals surface area (Å²) in [6, 6.07) is 2.39. The largest absolute Gasteiger partial charge is 0.335 e. The van der Waals surface area contributed by atoms with Crippen LogP contribution in [0.1, 0.15) is 19.8 Å². The molecule has 0 aliphatic carbocycles. The quantitative estimate of drug-likeness (QED) is 0.757. The maximum atomic E-state index is 13.3. The molecule has 0 radical (unpaired) electrons. The summed E-state index contributed by atoms with van der Waals surface area (Å²) >= 11 is 0. The Morgan fingerprint density at radius 2 is 2.17 bits per heavy atom. The van der Waals surface area contributed by atoms with Gasteiger partial charge >= 0.3 is 6.03 Å². The summed E-state index contributed by atoms with van der Waals surface area (Å²) in [5.74, 6) is -1.50. The molecule has 2 amide bonds. The lowest BCUT2D eigenvalue weighted by atomic mass is 10.1. The molecule has 0 spiro atoms. The Morgan fingerprint density at radius 3 is 2.72 bits per heavy atom. The van der Waals surface area contributed by atoms with Gasteiger partial charge in [0.1, 0.15) is 11.6 Å². The van der Waals surface area contributed by atoms with Gasteiger partial charge in [0.05, 0.1) is 5.69 Å². The second kappa shape index (κ2) is 6.90. The molecule has 4 nitrogen and oxygen atoms in total. The van der Waals surface area contributed by atoms with Crippen molar-refractivity contribution >= 4 is 11.7 Å². The molecule has 0 aliphatic heterocycles. The SMILES string of the molecule is CCC(CCN)NC(=O)Nc1ccc(F)cc1F. The number of halogens is 2. The van der Waals surface area contributed by atoms with Crippen molar-refractivity contribution in [2.45, 2.75) is 25.8 Å². The average molecular weight is 257 g/mol. The van der Waals surface area contributed by atoms with E-state index in [1.807, 2.05) is 6.92 Å². The number of carbonyl (C=O) groups excluding carboxylic acids is 1. The highest BCUT2D eigenvalue weighted by atomic mass is 19.1. The van der Waals surface area contributed by atoms with Crippen LogP contribution in [0.2, 0.25) is 0 Å². The molecular weight excluding hydrogens is 240 g/mol. The van der Waals surface area contributed by atoms with E-state index >= 15 is 0 Å². The van der Waals surface area contributed by atoms with E-state index in [9.17, 15) is 13.6 Å². The van der Waals surface area contributed by atoms with E-state index in [1.165, 1.54) is 6.07 Å². The third kappa shape index (κ3) is 4.29. The van der Waals surface area contributed by atoms with Gasteiger partial charge < -0.3 is 16.4 Å². The van der Waals surface area contributed by atoms with E-state index in [4.69, 9.17) is 5.73 Å². The number of nitrogens with one attached hydrogen (secondary N) is 2. The highest BCUT2D eigenvalue weighted by Crippen LogP contribution is 2.14. The van der Waals surface area contributed by atoms with E-state index in [-0.39, 0.29) is 11.7 Å². The number of hydrogen-bond donors (Lipinski definition) is 3. The van der Waals surface area contributed by atoms with Crippen molar-refractivity contribution in [3.8, 4) is 0 Å². The van der Waals surface area contributed by atoms with E-state index in [0.29, 0.717) is 19.0 Å². The van der Waals surface area contributed by atoms with Gasteiger partial charge in [0, 0.05) is 12.1 Å². The van der Waals surface area contributed by atoms with Crippen molar-refractivity contribution < 1.29 is 13.6 Å². The van der Waals surface area contributed by atoms with Crippen LogP contribution in [-0.4, -0.2) is 18.6 Å². The molecule has 1 rings (SSSR count). The van der Waals surface area contributed by atoms with Gasteiger partial charge in [-0.3, -0.25) is 0 Å². The number of benzene rings is 1. The van der Waals surface area contributed by atoms with Crippen molar-refractivity contribution in [2.75, 3.05) is 11.9 Å². The van der Waals surface area contributed by atoms with Crippen LogP contribution in [0.4, 0.5) is 19.3 Å². The molecular formula is C12H17F2N3O. The second-order valence-corrected chi connectivity index (χ2v) is 3.91. The second-order valence-electron chi connectivity index (χ2n) is 3.91. The lowest BCUT2D eigenvalue weighted by Crippen LogP contribution is -2.38. The molecule has 0 aromatic heterocycles. The van der Waals surface area contributed by atoms with Gasteiger partial charge in [-0.05, 0) is 31.5 Å². The smallest absolute Gasteiger partial charge is 0.319 e. The number of rotatable bonds is 5. The van der Waals surface area contributed by atoms with Crippen LogP contribution >= 0.6 is 0 Å². The van der Waals surface area contributed by atoms with Gasteiger partial charge in [-0.15, -0.1) is 0 Å². The Kier molecular flexibility index (Phi) is 5.51. The van der Waals surface area contributed by atoms with Crippen molar-refractivity contribution in [2.24, 2.45) is 5.73 Å². The van der Waals surface area contributed by atoms with Gasteiger partial charge in [0.2, 0.25) is 0 Å². The van der Waals surface area contributed by atoms with Crippen molar-refractivity contribution in [3.63, 3.8) is 0 Å². The summed E-state index contributed by atoms with van der Waals surface area (Å²) in [5.41, 5.74) is 5.34. The number of hydrogen-bond acceptors (Lipinski definition) is 2. The first-order valence-electron chi connectivity index (χ1n) is 5.79. The summed E-state index contributed by atoms with van der Waals surface area (Å²) in [6.07, 6.45) is 1.38. The molecule has 4 N–H and O–H groups in total. The zero-order valence-corrected chi connectivity index (χ0v) is 10.2. The summed E-state index contributed by atoms with van der Waals surface area (Å²) in [5, 5.41) is 5.00. The standard InChI is InChI=1S/C12H17F2N3O/c1-2-9(5-6-15)16-12(18)17-11-4-3-8(13)7-10(11)14/h3-4,7,9H,2,5-6,15H2,1H3,(H2,16,17,18). The van der Waals surface area contributed by atoms with Gasteiger partial charge in [0.25, 0.3) is 0 Å². The minimum absolute atomic E-state index is 0.0569. The Morgan fingerprint density at radius 1 is 1.44 bits per heavy atom. The fraction of sp³-hybridized carbons (Fsp3) is 0.417. The molecule has 0 saturated heterocycles. The van der Waals surface area contributed by atoms with Crippen LogP contribution in [0.15, 0.2) is 18.2 Å². The zero-order chi connectivity index (χ0) is 13.5. The molecule has 18 heavy (non-hydrogen) atoms. The number of urea groups is 1. The average Bonchev–Trinajstić information content (AvgIpc) is 2.32. The molecule has 0 saturated carbocycles. The molecule has 0 fully saturated rings. The maximum Gasteiger partial charge on any atom is 0.319 e. The summed E-state index contributed by atoms with van der Waals surface area (Å²) < 4.78 is 25.9. The summed E-state index contributed by atoms with van der Waals surface area (Å²) in [4.78, 5) is 11.6. The Balaban J connectivity index is 2.58. The molecule has 6 heteroatoms. The van der Waals surface area contributed by atoms with Gasteiger partial charge in [0.15, 0.2) is 0 Å². The lowest BCUT2D eigenvalue weighted by Gasteiger charge is -2.16. The molecule has 1 aromatic carbocycles. The third-order valence-corrected chi connectivity index (χ3v) is 2.52. The van der Waals surface area contributed by atoms with Crippen LogP contribution in [0.3, 0.4) is 0 Å². The van der Waals surface area contributed by atoms with Gasteiger partial charge in [-0.2, -0.15) is 0 Å². The minimum Gasteiger partial charge on any atom is -0.335 e. The fourth-order valence-electron chi connectivity index (χ4n) is 1.51. The number of amides is 2. The molecule has 0 aliphatic rings. The molecule has 1 aromatic rings. The molecule has 0 bridgehead atoms. The van der Waals surface area contributed by atoms with Crippen LogP contribution in [0.25, 0.3) is 0 Å². The molecule has 100 valence electrons. The highest BCUT2D eigenvalue weighted by molar-refractivity contribution is 5.89. The Bertz CT molecular complexity index is 412. The maximum absolute atomic E-state index is 13.3. The zero-order valence-electron chi connectivity index (χ0n) is 10.2. The van der Waals surface area contributed by atoms with Crippen LogP contribution in [0, 0.1) is 11.6 Å². The number of carbonyl (C=O) groups is 1. The summed E-state index contributed by atoms with van der Waals surface area (Å²) in [7, 11) is 0. The predicted octanol–water partition coefficient (Wildman–Crippen LogP) is 2.21. The van der Waals surface area contributed by atoms with E-state index in [1.54, 1.807) is 0 Å². The van der Waals surface area contributed by atoms with Crippen molar-refractivity contribution in [1.82, 2.24) is 5.32 Å². The molecule has 1 unspecified atom stereocenters. The predicted molar refractivity (Wildman–Crippen MR) is 66.3 cm³/mol. The molecule has 1 atom stereocenters. The van der Waals surface area contributed by atoms with Gasteiger partial charge in [-0.1, -0.05) is 6.92 Å². The minimum atomic E-state index is -0.808. The number of nitrogens with two attached hydrogens (primary N) is 1. The lowest BCUT2D eigenvalue weighted by molar-refractivity contribution is 0.247. The Labute approximate surface area is 105 Å². The van der Waals surface area contributed by atoms with E-state index in [2.05, 4.69) is 10.6 Å². The van der Waals surface area contributed by atoms with Crippen molar-refractivity contribution in [3.05, 3.63) is 29.8 Å². The molecule has 0 heterocycles. The first kappa shape index (κ1) is 14.4. The first-order valence-corrected chi connectivity index (χ1v) is 5.79. The van der Waals surface area contributed by atoms with Crippen LogP contribution in [-0.2, 0) is 0 Å². The third-order valence-electron chi connectivity index (χ3n) is 2.52. The Hall–Kier alpha value is -1.69. The van der Waals surface area contributed by atoms with Crippen LogP contribution < -0.4 is 16.4 Å². The first-order chi connectivity index (χ1) is 8.56. The fourth-order valence-corrected chi connectivity index (χ4v) is 1.51. The number of anilines is 1. The highest BCUT2D eigenvalue weighted by Gasteiger charge is 2.11. The van der Waals surface area contributed by atoms with Crippen LogP contribution in [0.5, 0.6) is 0 Å². The van der Waals surface area contributed by atoms with E-state index < -0.39 is 17.7 Å². The van der Waals surface area contributed by atoms with E-state index in [0.717, 1.165) is 12.5 Å². The summed E-state index contributed by atoms with van der Waals surface area (Å²) in [6.45, 7) is 2.38. The monoisotopic (exact) mass is 257 g/mol.